The molecule has 0 aromatic carbocycles. The summed E-state index contributed by atoms with van der Waals surface area (Å²) in [5, 5.41) is 0. The van der Waals surface area contributed by atoms with Gasteiger partial charge >= 0.3 is 0 Å². The van der Waals surface area contributed by atoms with Crippen molar-refractivity contribution >= 4 is 7.82 Å². The molecule has 0 N–H and O–H groups in total. The van der Waals surface area contributed by atoms with Gasteiger partial charge in [0.05, 0.1) is 47.5 Å². The molecule has 52 heavy (non-hydrogen) atoms. The monoisotopic (exact) mass is 762 g/mol. The molecule has 2 atom stereocenters. The number of rotatable bonds is 44. The molecule has 0 aliphatic carbocycles. The lowest BCUT2D eigenvalue weighted by atomic mass is 10.0. The highest BCUT2D eigenvalue weighted by Crippen LogP contribution is 2.38. The second-order valence-electron chi connectivity index (χ2n) is 16.8. The maximum atomic E-state index is 12.4. The van der Waals surface area contributed by atoms with Crippen molar-refractivity contribution < 1.29 is 32.5 Å². The molecule has 0 spiro atoms. The Bertz CT molecular complexity index is 711. The van der Waals surface area contributed by atoms with Gasteiger partial charge in [0.15, 0.2) is 0 Å². The molecule has 0 aliphatic heterocycles. The van der Waals surface area contributed by atoms with Crippen LogP contribution in [0.15, 0.2) is 0 Å². The lowest BCUT2D eigenvalue weighted by Crippen LogP contribution is -2.35. The van der Waals surface area contributed by atoms with E-state index in [0.29, 0.717) is 26.2 Å². The number of ether oxygens (including phenoxy) is 2. The summed E-state index contributed by atoms with van der Waals surface area (Å²) >= 11 is 0. The fourth-order valence-corrected chi connectivity index (χ4v) is 7.54. The van der Waals surface area contributed by atoms with Gasteiger partial charge < -0.3 is 27.9 Å². The third-order valence-corrected chi connectivity index (χ3v) is 11.2. The highest BCUT2D eigenvalue weighted by molar-refractivity contribution is 7.45. The van der Waals surface area contributed by atoms with Crippen LogP contribution in [0.4, 0.5) is 0 Å². The molecule has 0 amide bonds. The summed E-state index contributed by atoms with van der Waals surface area (Å²) in [5.74, 6) is 0. The molecule has 0 saturated heterocycles. The minimum Gasteiger partial charge on any atom is -0.756 e. The molecule has 8 heteroatoms. The normalized spacial score (nSPS) is 13.9. The number of phosphoric ester groups is 1. The Morgan fingerprint density at radius 3 is 1.15 bits per heavy atom. The average Bonchev–Trinajstić information content (AvgIpc) is 3.11. The highest BCUT2D eigenvalue weighted by atomic mass is 31.2. The van der Waals surface area contributed by atoms with E-state index >= 15 is 0 Å². The van der Waals surface area contributed by atoms with E-state index in [9.17, 15) is 9.46 Å². The van der Waals surface area contributed by atoms with Gasteiger partial charge in [-0.1, -0.05) is 200 Å². The van der Waals surface area contributed by atoms with Gasteiger partial charge in [0.25, 0.3) is 7.82 Å². The third kappa shape index (κ3) is 42.7. The number of hydrogen-bond acceptors (Lipinski definition) is 6. The zero-order valence-electron chi connectivity index (χ0n) is 35.8. The van der Waals surface area contributed by atoms with E-state index in [-0.39, 0.29) is 13.2 Å². The first kappa shape index (κ1) is 52.0. The van der Waals surface area contributed by atoms with E-state index in [1.807, 2.05) is 0 Å². The minimum atomic E-state index is -4.38. The fourth-order valence-electron chi connectivity index (χ4n) is 6.76. The molecule has 0 bridgehead atoms. The van der Waals surface area contributed by atoms with Gasteiger partial charge in [-0.15, -0.1) is 0 Å². The Labute approximate surface area is 325 Å². The van der Waals surface area contributed by atoms with Crippen LogP contribution in [0.25, 0.3) is 0 Å². The van der Waals surface area contributed by atoms with E-state index in [0.717, 1.165) is 30.3 Å². The van der Waals surface area contributed by atoms with Crippen LogP contribution in [0.5, 0.6) is 0 Å². The van der Waals surface area contributed by atoms with Gasteiger partial charge in [-0.2, -0.15) is 0 Å². The van der Waals surface area contributed by atoms with Gasteiger partial charge in [-0.05, 0) is 12.8 Å². The first-order valence-electron chi connectivity index (χ1n) is 22.8. The molecule has 0 aromatic rings. The second kappa shape index (κ2) is 39.2. The molecule has 0 heterocycles. The summed E-state index contributed by atoms with van der Waals surface area (Å²) in [4.78, 5) is 12.4. The zero-order valence-corrected chi connectivity index (χ0v) is 36.7. The summed E-state index contributed by atoms with van der Waals surface area (Å²) in [5.41, 5.74) is 0. The standard InChI is InChI=1S/C44H92NO6P/c1-6-8-10-12-14-16-18-20-22-24-26-28-30-32-34-36-40-49-44(43-51-52(46,47)50-41-37-38-45(3,4)5)42-48-39-35-33-31-29-27-25-23-21-19-17-15-13-11-9-7-2/h44H,6-43H2,1-5H3. The van der Waals surface area contributed by atoms with Gasteiger partial charge in [-0.3, -0.25) is 4.57 Å². The molecule has 0 aromatic heterocycles. The minimum absolute atomic E-state index is 0.0617. The fraction of sp³-hybridized carbons (Fsp3) is 1.00. The van der Waals surface area contributed by atoms with Gasteiger partial charge in [-0.25, -0.2) is 0 Å². The van der Waals surface area contributed by atoms with Crippen LogP contribution < -0.4 is 4.89 Å². The predicted octanol–water partition coefficient (Wildman–Crippen LogP) is 13.1. The van der Waals surface area contributed by atoms with Crippen LogP contribution in [-0.2, 0) is 23.1 Å². The Morgan fingerprint density at radius 1 is 0.442 bits per heavy atom. The summed E-state index contributed by atoms with van der Waals surface area (Å²) < 4.78 is 35.6. The van der Waals surface area contributed by atoms with E-state index in [2.05, 4.69) is 35.0 Å². The quantitative estimate of drug-likeness (QED) is 0.0349. The van der Waals surface area contributed by atoms with E-state index in [4.69, 9.17) is 18.5 Å². The lowest BCUT2D eigenvalue weighted by molar-refractivity contribution is -0.870. The second-order valence-corrected chi connectivity index (χ2v) is 18.2. The Morgan fingerprint density at radius 2 is 0.788 bits per heavy atom. The topological polar surface area (TPSA) is 77.1 Å². The Hall–Kier alpha value is -0.0100. The van der Waals surface area contributed by atoms with Gasteiger partial charge in [0.1, 0.15) is 6.10 Å². The van der Waals surface area contributed by atoms with E-state index < -0.39 is 13.9 Å². The molecule has 314 valence electrons. The van der Waals surface area contributed by atoms with Crippen LogP contribution in [0.1, 0.15) is 219 Å². The lowest BCUT2D eigenvalue weighted by Gasteiger charge is -2.27. The number of nitrogens with zero attached hydrogens (tertiary/aromatic N) is 1. The van der Waals surface area contributed by atoms with Crippen molar-refractivity contribution in [3.8, 4) is 0 Å². The maximum absolute atomic E-state index is 12.4. The van der Waals surface area contributed by atoms with Gasteiger partial charge in [0.2, 0.25) is 0 Å². The van der Waals surface area contributed by atoms with Crippen LogP contribution in [0.2, 0.25) is 0 Å². The van der Waals surface area contributed by atoms with E-state index in [1.54, 1.807) is 0 Å². The smallest absolute Gasteiger partial charge is 0.267 e. The van der Waals surface area contributed by atoms with Crippen LogP contribution in [0, 0.1) is 0 Å². The molecule has 0 radical (unpaired) electrons. The van der Waals surface area contributed by atoms with Crippen molar-refractivity contribution in [3.05, 3.63) is 0 Å². The van der Waals surface area contributed by atoms with Crippen molar-refractivity contribution in [2.45, 2.75) is 225 Å². The molecule has 2 unspecified atom stereocenters. The Balaban J connectivity index is 4.08. The molecule has 0 fully saturated rings. The molecule has 0 saturated carbocycles. The molecular formula is C44H92NO6P. The third-order valence-electron chi connectivity index (χ3n) is 10.2. The number of hydrogen-bond donors (Lipinski definition) is 0. The molecular weight excluding hydrogens is 669 g/mol. The van der Waals surface area contributed by atoms with Crippen LogP contribution in [0.3, 0.4) is 0 Å². The first-order valence-corrected chi connectivity index (χ1v) is 24.3. The van der Waals surface area contributed by atoms with Crippen molar-refractivity contribution in [2.24, 2.45) is 0 Å². The van der Waals surface area contributed by atoms with Crippen LogP contribution in [-0.4, -0.2) is 71.3 Å². The van der Waals surface area contributed by atoms with Crippen molar-refractivity contribution in [1.82, 2.24) is 0 Å². The summed E-state index contributed by atoms with van der Waals surface area (Å²) in [6, 6.07) is 0. The predicted molar refractivity (Wildman–Crippen MR) is 222 cm³/mol. The SMILES string of the molecule is CCCCCCCCCCCCCCCCCCOC(COCCCCCCCCCCCCCCCCC)COP(=O)([O-])OCCC[N+](C)(C)C. The zero-order chi connectivity index (χ0) is 38.3. The highest BCUT2D eigenvalue weighted by Gasteiger charge is 2.17. The van der Waals surface area contributed by atoms with Crippen molar-refractivity contribution in [1.29, 1.82) is 0 Å². The largest absolute Gasteiger partial charge is 0.756 e. The summed E-state index contributed by atoms with van der Waals surface area (Å²) in [6.45, 7) is 7.09. The average molecular weight is 762 g/mol. The summed E-state index contributed by atoms with van der Waals surface area (Å²) in [6.07, 6.45) is 41.7. The molecule has 0 aliphatic rings. The van der Waals surface area contributed by atoms with Crippen LogP contribution >= 0.6 is 7.82 Å². The van der Waals surface area contributed by atoms with Crippen molar-refractivity contribution in [2.75, 3.05) is 60.7 Å². The van der Waals surface area contributed by atoms with E-state index in [1.165, 1.54) is 180 Å². The molecule has 7 nitrogen and oxygen atoms in total. The van der Waals surface area contributed by atoms with Crippen molar-refractivity contribution in [3.63, 3.8) is 0 Å². The molecule has 0 rings (SSSR count). The number of phosphoric acid groups is 1. The number of unbranched alkanes of at least 4 members (excludes halogenated alkanes) is 29. The summed E-state index contributed by atoms with van der Waals surface area (Å²) in [7, 11) is 1.86. The number of quaternary nitrogens is 1. The maximum Gasteiger partial charge on any atom is 0.267 e. The first-order chi connectivity index (χ1) is 25.2. The Kier molecular flexibility index (Phi) is 39.2. The van der Waals surface area contributed by atoms with Gasteiger partial charge in [0, 0.05) is 19.6 Å².